The molecule has 20 heavy (non-hydrogen) atoms. The number of nitrogens with zero attached hydrogens (tertiary/aromatic N) is 1. The van der Waals surface area contributed by atoms with Gasteiger partial charge in [-0.2, -0.15) is 5.10 Å². The van der Waals surface area contributed by atoms with E-state index in [1.807, 2.05) is 12.1 Å². The molecule has 0 aliphatic heterocycles. The molecule has 2 fully saturated rings. The first-order valence-electron chi connectivity index (χ1n) is 7.41. The van der Waals surface area contributed by atoms with Gasteiger partial charge in [-0.25, -0.2) is 0 Å². The van der Waals surface area contributed by atoms with Crippen molar-refractivity contribution < 1.29 is 5.11 Å². The van der Waals surface area contributed by atoms with Gasteiger partial charge in [-0.15, -0.1) is 0 Å². The van der Waals surface area contributed by atoms with Crippen LogP contribution < -0.4 is 0 Å². The van der Waals surface area contributed by atoms with E-state index in [0.717, 1.165) is 16.5 Å². The third-order valence-corrected chi connectivity index (χ3v) is 5.56. The highest BCUT2D eigenvalue weighted by Crippen LogP contribution is 2.63. The largest absolute Gasteiger partial charge is 0.388 e. The van der Waals surface area contributed by atoms with Gasteiger partial charge in [0.1, 0.15) is 0 Å². The molecule has 0 spiro atoms. The van der Waals surface area contributed by atoms with Gasteiger partial charge in [-0.1, -0.05) is 18.5 Å². The van der Waals surface area contributed by atoms with Crippen LogP contribution >= 0.6 is 11.6 Å². The monoisotopic (exact) mass is 290 g/mol. The van der Waals surface area contributed by atoms with E-state index in [-0.39, 0.29) is 5.41 Å². The molecule has 0 saturated heterocycles. The Hall–Kier alpha value is -1.06. The lowest BCUT2D eigenvalue weighted by atomic mass is 9.72. The van der Waals surface area contributed by atoms with Gasteiger partial charge < -0.3 is 5.11 Å². The van der Waals surface area contributed by atoms with Crippen molar-refractivity contribution in [3.05, 3.63) is 28.9 Å². The molecule has 1 atom stereocenters. The number of halogens is 1. The van der Waals surface area contributed by atoms with Crippen LogP contribution in [0.1, 0.15) is 44.3 Å². The van der Waals surface area contributed by atoms with E-state index in [9.17, 15) is 5.11 Å². The molecule has 4 heteroatoms. The van der Waals surface area contributed by atoms with Crippen molar-refractivity contribution in [3.63, 3.8) is 0 Å². The number of fused-ring (bicyclic) bond motifs is 1. The molecule has 1 unspecified atom stereocenters. The standard InChI is InChI=1S/C16H19ClN2O/c1-16(10-2-3-10,11-4-5-11)15(20)13-7-12(17)6-9-8-18-19-14(9)13/h6-8,10-11,15,20H,2-5H2,1H3,(H,18,19). The van der Waals surface area contributed by atoms with Crippen molar-refractivity contribution in [1.29, 1.82) is 0 Å². The molecule has 2 aliphatic carbocycles. The van der Waals surface area contributed by atoms with E-state index in [0.29, 0.717) is 16.9 Å². The number of aromatic nitrogens is 2. The highest BCUT2D eigenvalue weighted by atomic mass is 35.5. The summed E-state index contributed by atoms with van der Waals surface area (Å²) in [5, 5.41) is 19.8. The molecule has 4 rings (SSSR count). The van der Waals surface area contributed by atoms with E-state index in [2.05, 4.69) is 17.1 Å². The van der Waals surface area contributed by atoms with E-state index < -0.39 is 6.10 Å². The number of aliphatic hydroxyl groups is 1. The lowest BCUT2D eigenvalue weighted by molar-refractivity contribution is 0.00224. The van der Waals surface area contributed by atoms with Crippen LogP contribution in [0.2, 0.25) is 5.02 Å². The lowest BCUT2D eigenvalue weighted by Gasteiger charge is -2.36. The fourth-order valence-electron chi connectivity index (χ4n) is 3.79. The van der Waals surface area contributed by atoms with Crippen LogP contribution in [0.5, 0.6) is 0 Å². The highest BCUT2D eigenvalue weighted by molar-refractivity contribution is 6.31. The van der Waals surface area contributed by atoms with Crippen LogP contribution in [-0.4, -0.2) is 15.3 Å². The lowest BCUT2D eigenvalue weighted by Crippen LogP contribution is -2.30. The number of aliphatic hydroxyl groups excluding tert-OH is 1. The Kier molecular flexibility index (Phi) is 2.67. The van der Waals surface area contributed by atoms with Crippen LogP contribution in [0.15, 0.2) is 18.3 Å². The Balaban J connectivity index is 1.83. The predicted octanol–water partition coefficient (Wildman–Crippen LogP) is 4.08. The van der Waals surface area contributed by atoms with Crippen molar-refractivity contribution in [2.45, 2.75) is 38.7 Å². The second-order valence-electron chi connectivity index (χ2n) is 6.65. The van der Waals surface area contributed by atoms with E-state index in [4.69, 9.17) is 11.6 Å². The molecule has 3 nitrogen and oxygen atoms in total. The molecule has 0 bridgehead atoms. The van der Waals surface area contributed by atoms with Crippen molar-refractivity contribution in [1.82, 2.24) is 10.2 Å². The Morgan fingerprint density at radius 3 is 2.55 bits per heavy atom. The Morgan fingerprint density at radius 2 is 1.95 bits per heavy atom. The van der Waals surface area contributed by atoms with Crippen LogP contribution in [0, 0.1) is 17.3 Å². The number of H-pyrrole nitrogens is 1. The van der Waals surface area contributed by atoms with E-state index >= 15 is 0 Å². The molecule has 0 amide bonds. The minimum atomic E-state index is -0.468. The molecule has 2 aromatic rings. The fraction of sp³-hybridized carbons (Fsp3) is 0.562. The van der Waals surface area contributed by atoms with Crippen molar-refractivity contribution in [2.24, 2.45) is 17.3 Å². The number of aromatic amines is 1. The minimum absolute atomic E-state index is 0.0112. The summed E-state index contributed by atoms with van der Waals surface area (Å²) < 4.78 is 0. The first kappa shape index (κ1) is 12.7. The zero-order valence-corrected chi connectivity index (χ0v) is 12.3. The Labute approximate surface area is 123 Å². The molecule has 0 radical (unpaired) electrons. The van der Waals surface area contributed by atoms with Crippen molar-refractivity contribution >= 4 is 22.5 Å². The highest BCUT2D eigenvalue weighted by Gasteiger charge is 2.55. The van der Waals surface area contributed by atoms with Gasteiger partial charge in [-0.3, -0.25) is 5.10 Å². The second-order valence-corrected chi connectivity index (χ2v) is 7.08. The summed E-state index contributed by atoms with van der Waals surface area (Å²) in [6.45, 7) is 2.26. The Morgan fingerprint density at radius 1 is 1.30 bits per heavy atom. The third kappa shape index (κ3) is 1.80. The van der Waals surface area contributed by atoms with E-state index in [1.165, 1.54) is 25.7 Å². The smallest absolute Gasteiger partial charge is 0.0870 e. The second kappa shape index (κ2) is 4.22. The van der Waals surface area contributed by atoms with Gasteiger partial charge >= 0.3 is 0 Å². The molecule has 2 N–H and O–H groups in total. The number of hydrogen-bond acceptors (Lipinski definition) is 2. The fourth-order valence-corrected chi connectivity index (χ4v) is 4.02. The predicted molar refractivity (Wildman–Crippen MR) is 79.6 cm³/mol. The molecule has 2 saturated carbocycles. The van der Waals surface area contributed by atoms with Gasteiger partial charge in [0.2, 0.25) is 0 Å². The van der Waals surface area contributed by atoms with Crippen molar-refractivity contribution in [3.8, 4) is 0 Å². The average Bonchev–Trinajstić information content (AvgIpc) is 3.32. The first-order valence-corrected chi connectivity index (χ1v) is 7.79. The maximum atomic E-state index is 11.1. The average molecular weight is 291 g/mol. The summed E-state index contributed by atoms with van der Waals surface area (Å²) in [5.41, 5.74) is 1.82. The summed E-state index contributed by atoms with van der Waals surface area (Å²) >= 11 is 6.21. The molecule has 1 aromatic heterocycles. The normalized spacial score (nSPS) is 21.4. The number of benzene rings is 1. The maximum Gasteiger partial charge on any atom is 0.0870 e. The summed E-state index contributed by atoms with van der Waals surface area (Å²) in [5.74, 6) is 1.31. The molecule has 1 heterocycles. The Bertz CT molecular complexity index is 646. The van der Waals surface area contributed by atoms with Crippen LogP contribution in [0.25, 0.3) is 10.9 Å². The minimum Gasteiger partial charge on any atom is -0.388 e. The summed E-state index contributed by atoms with van der Waals surface area (Å²) in [6.07, 6.45) is 6.29. The van der Waals surface area contributed by atoms with E-state index in [1.54, 1.807) is 6.20 Å². The van der Waals surface area contributed by atoms with Gasteiger partial charge in [0.05, 0.1) is 17.8 Å². The molecule has 2 aliphatic rings. The van der Waals surface area contributed by atoms with Gasteiger partial charge in [0.15, 0.2) is 0 Å². The van der Waals surface area contributed by atoms with Gasteiger partial charge in [0, 0.05) is 21.4 Å². The van der Waals surface area contributed by atoms with Crippen LogP contribution in [0.3, 0.4) is 0 Å². The molecule has 1 aromatic carbocycles. The topological polar surface area (TPSA) is 48.9 Å². The van der Waals surface area contributed by atoms with Crippen molar-refractivity contribution in [2.75, 3.05) is 0 Å². The summed E-state index contributed by atoms with van der Waals surface area (Å²) in [6, 6.07) is 3.79. The van der Waals surface area contributed by atoms with Crippen LogP contribution in [0.4, 0.5) is 0 Å². The number of nitrogens with one attached hydrogen (secondary N) is 1. The third-order valence-electron chi connectivity index (χ3n) is 5.34. The maximum absolute atomic E-state index is 11.1. The molecule has 106 valence electrons. The summed E-state index contributed by atoms with van der Waals surface area (Å²) in [4.78, 5) is 0. The van der Waals surface area contributed by atoms with Gasteiger partial charge in [-0.05, 0) is 49.7 Å². The van der Waals surface area contributed by atoms with Gasteiger partial charge in [0.25, 0.3) is 0 Å². The van der Waals surface area contributed by atoms with Crippen LogP contribution in [-0.2, 0) is 0 Å². The SMILES string of the molecule is CC(C1CC1)(C1CC1)C(O)c1cc(Cl)cc2cn[nH]c12. The number of rotatable bonds is 4. The summed E-state index contributed by atoms with van der Waals surface area (Å²) in [7, 11) is 0. The molecular formula is C16H19ClN2O. The number of hydrogen-bond donors (Lipinski definition) is 2. The quantitative estimate of drug-likeness (QED) is 0.891. The molecular weight excluding hydrogens is 272 g/mol. The zero-order chi connectivity index (χ0) is 13.9. The first-order chi connectivity index (χ1) is 9.60. The zero-order valence-electron chi connectivity index (χ0n) is 11.6.